The predicted octanol–water partition coefficient (Wildman–Crippen LogP) is 0.369. The first-order valence-electron chi connectivity index (χ1n) is 4.54. The molecule has 0 aliphatic carbocycles. The molecule has 1 fully saturated rings. The van der Waals surface area contributed by atoms with E-state index in [9.17, 15) is 0 Å². The number of nitrogens with zero attached hydrogens (tertiary/aromatic N) is 2. The molecule has 2 heterocycles. The van der Waals surface area contributed by atoms with Crippen LogP contribution >= 0.6 is 0 Å². The van der Waals surface area contributed by atoms with Crippen LogP contribution in [-0.4, -0.2) is 28.5 Å². The van der Waals surface area contributed by atoms with Crippen molar-refractivity contribution in [3.8, 4) is 0 Å². The molecule has 0 unspecified atom stereocenters. The zero-order valence-corrected chi connectivity index (χ0v) is 8.77. The fourth-order valence-corrected chi connectivity index (χ4v) is 1.23. The van der Waals surface area contributed by atoms with Gasteiger partial charge in [-0.3, -0.25) is 0 Å². The van der Waals surface area contributed by atoms with Crippen molar-refractivity contribution in [2.75, 3.05) is 0 Å². The fourth-order valence-electron chi connectivity index (χ4n) is 1.23. The summed E-state index contributed by atoms with van der Waals surface area (Å²) < 4.78 is 16.0. The summed E-state index contributed by atoms with van der Waals surface area (Å²) >= 11 is 0. The van der Waals surface area contributed by atoms with Crippen molar-refractivity contribution in [1.29, 1.82) is 0 Å². The summed E-state index contributed by atoms with van der Waals surface area (Å²) in [7, 11) is -0.529. The molecule has 1 aromatic rings. The second-order valence-corrected chi connectivity index (χ2v) is 4.38. The van der Waals surface area contributed by atoms with Gasteiger partial charge in [-0.25, -0.2) is 4.98 Å². The summed E-state index contributed by atoms with van der Waals surface area (Å²) in [6, 6.07) is 0. The van der Waals surface area contributed by atoms with Gasteiger partial charge in [-0.05, 0) is 27.7 Å². The molecule has 14 heavy (non-hydrogen) atoms. The average Bonchev–Trinajstić information content (AvgIpc) is 2.58. The van der Waals surface area contributed by atoms with Gasteiger partial charge in [0.1, 0.15) is 0 Å². The molecule has 2 rings (SSSR count). The minimum Gasteiger partial charge on any atom is -0.397 e. The third-order valence-electron chi connectivity index (χ3n) is 2.84. The van der Waals surface area contributed by atoms with Gasteiger partial charge < -0.3 is 13.8 Å². The third-order valence-corrected chi connectivity index (χ3v) is 2.84. The Balaban J connectivity index is 2.22. The van der Waals surface area contributed by atoms with Crippen molar-refractivity contribution in [2.24, 2.45) is 0 Å². The molecule has 0 amide bonds. The molecular formula is C8H13BN2O3. The number of hydrogen-bond donors (Lipinski definition) is 0. The van der Waals surface area contributed by atoms with Crippen molar-refractivity contribution in [2.45, 2.75) is 38.9 Å². The summed E-state index contributed by atoms with van der Waals surface area (Å²) in [5.74, 6) is 0. The molecule has 0 N–H and O–H groups in total. The SMILES string of the molecule is CC1(C)OB(c2ncon2)OC1(C)C. The van der Waals surface area contributed by atoms with E-state index >= 15 is 0 Å². The normalized spacial score (nSPS) is 24.1. The highest BCUT2D eigenvalue weighted by molar-refractivity contribution is 6.60. The fraction of sp³-hybridized carbons (Fsp3) is 0.750. The van der Waals surface area contributed by atoms with Crippen molar-refractivity contribution in [3.63, 3.8) is 0 Å². The molecule has 1 aliphatic heterocycles. The first-order chi connectivity index (χ1) is 6.42. The smallest absolute Gasteiger partial charge is 0.397 e. The van der Waals surface area contributed by atoms with Crippen LogP contribution in [0, 0.1) is 0 Å². The maximum Gasteiger partial charge on any atom is 0.538 e. The summed E-state index contributed by atoms with van der Waals surface area (Å²) in [6.07, 6.45) is 1.26. The highest BCUT2D eigenvalue weighted by atomic mass is 16.7. The van der Waals surface area contributed by atoms with Gasteiger partial charge in [-0.15, -0.1) is 0 Å². The van der Waals surface area contributed by atoms with E-state index in [-0.39, 0.29) is 11.2 Å². The van der Waals surface area contributed by atoms with Gasteiger partial charge in [0.2, 0.25) is 12.1 Å². The second kappa shape index (κ2) is 2.81. The molecule has 6 heteroatoms. The third kappa shape index (κ3) is 1.34. The Morgan fingerprint density at radius 3 is 2.14 bits per heavy atom. The quantitative estimate of drug-likeness (QED) is 0.607. The lowest BCUT2D eigenvalue weighted by Gasteiger charge is -2.32. The van der Waals surface area contributed by atoms with Crippen LogP contribution in [0.3, 0.4) is 0 Å². The molecule has 1 saturated heterocycles. The summed E-state index contributed by atoms with van der Waals surface area (Å²) in [5, 5.41) is 3.69. The maximum absolute atomic E-state index is 5.70. The van der Waals surface area contributed by atoms with Crippen LogP contribution in [0.1, 0.15) is 27.7 Å². The minimum absolute atomic E-state index is 0.363. The van der Waals surface area contributed by atoms with E-state index < -0.39 is 7.12 Å². The molecule has 1 aromatic heterocycles. The molecule has 1 aliphatic rings. The van der Waals surface area contributed by atoms with Gasteiger partial charge in [0.15, 0.2) is 0 Å². The Hall–Kier alpha value is -0.875. The molecular weight excluding hydrogens is 183 g/mol. The van der Waals surface area contributed by atoms with Gasteiger partial charge in [-0.2, -0.15) is 0 Å². The molecule has 5 nitrogen and oxygen atoms in total. The average molecular weight is 196 g/mol. The number of rotatable bonds is 1. The molecule has 0 aromatic carbocycles. The monoisotopic (exact) mass is 196 g/mol. The number of aromatic nitrogens is 2. The van der Waals surface area contributed by atoms with E-state index in [1.807, 2.05) is 27.7 Å². The van der Waals surface area contributed by atoms with E-state index in [0.717, 1.165) is 0 Å². The van der Waals surface area contributed by atoms with Crippen LogP contribution in [-0.2, 0) is 9.31 Å². The van der Waals surface area contributed by atoms with Crippen LogP contribution in [0.4, 0.5) is 0 Å². The lowest BCUT2D eigenvalue weighted by molar-refractivity contribution is 0.00578. The van der Waals surface area contributed by atoms with E-state index in [1.54, 1.807) is 0 Å². The molecule has 0 radical (unpaired) electrons. The first-order valence-corrected chi connectivity index (χ1v) is 4.54. The van der Waals surface area contributed by atoms with Crippen molar-refractivity contribution < 1.29 is 13.8 Å². The summed E-state index contributed by atoms with van der Waals surface area (Å²) in [4.78, 5) is 3.90. The predicted molar refractivity (Wildman–Crippen MR) is 50.0 cm³/mol. The van der Waals surface area contributed by atoms with Crippen LogP contribution in [0.5, 0.6) is 0 Å². The Bertz CT molecular complexity index is 307. The van der Waals surface area contributed by atoms with Gasteiger partial charge in [0.25, 0.3) is 0 Å². The lowest BCUT2D eigenvalue weighted by atomic mass is 9.90. The zero-order chi connectivity index (χ0) is 10.4. The van der Waals surface area contributed by atoms with E-state index in [2.05, 4.69) is 14.7 Å². The first kappa shape index (κ1) is 9.67. The second-order valence-electron chi connectivity index (χ2n) is 4.38. The van der Waals surface area contributed by atoms with Gasteiger partial charge in [0, 0.05) is 0 Å². The Labute approximate surface area is 82.9 Å². The van der Waals surface area contributed by atoms with E-state index in [1.165, 1.54) is 6.39 Å². The molecule has 76 valence electrons. The Morgan fingerprint density at radius 1 is 1.14 bits per heavy atom. The van der Waals surface area contributed by atoms with Crippen LogP contribution in [0.2, 0.25) is 0 Å². The van der Waals surface area contributed by atoms with Crippen LogP contribution < -0.4 is 5.72 Å². The highest BCUT2D eigenvalue weighted by Crippen LogP contribution is 2.36. The summed E-state index contributed by atoms with van der Waals surface area (Å²) in [5.41, 5.74) is -0.292. The van der Waals surface area contributed by atoms with E-state index in [4.69, 9.17) is 9.31 Å². The van der Waals surface area contributed by atoms with Crippen molar-refractivity contribution >= 4 is 12.8 Å². The molecule has 0 spiro atoms. The summed E-state index contributed by atoms with van der Waals surface area (Å²) in [6.45, 7) is 7.92. The highest BCUT2D eigenvalue weighted by Gasteiger charge is 2.53. The van der Waals surface area contributed by atoms with Crippen molar-refractivity contribution in [1.82, 2.24) is 10.1 Å². The maximum atomic E-state index is 5.70. The lowest BCUT2D eigenvalue weighted by Crippen LogP contribution is -2.41. The minimum atomic E-state index is -0.529. The van der Waals surface area contributed by atoms with E-state index in [0.29, 0.717) is 5.72 Å². The van der Waals surface area contributed by atoms with Crippen LogP contribution in [0.15, 0.2) is 10.9 Å². The topological polar surface area (TPSA) is 57.4 Å². The van der Waals surface area contributed by atoms with Gasteiger partial charge in [-0.1, -0.05) is 5.16 Å². The molecule has 0 bridgehead atoms. The standard InChI is InChI=1S/C8H13BN2O3/c1-7(2)8(3,4)14-9(13-7)6-10-5-12-11-6/h5H,1-4H3. The number of hydrogen-bond acceptors (Lipinski definition) is 5. The largest absolute Gasteiger partial charge is 0.538 e. The van der Waals surface area contributed by atoms with Gasteiger partial charge >= 0.3 is 7.12 Å². The molecule has 0 atom stereocenters. The Kier molecular flexibility index (Phi) is 1.94. The Morgan fingerprint density at radius 2 is 1.71 bits per heavy atom. The van der Waals surface area contributed by atoms with Crippen LogP contribution in [0.25, 0.3) is 0 Å². The molecule has 0 saturated carbocycles. The van der Waals surface area contributed by atoms with Crippen molar-refractivity contribution in [3.05, 3.63) is 6.39 Å². The zero-order valence-electron chi connectivity index (χ0n) is 8.77. The van der Waals surface area contributed by atoms with Gasteiger partial charge in [0.05, 0.1) is 11.2 Å².